The summed E-state index contributed by atoms with van der Waals surface area (Å²) in [6.45, 7) is 10.0. The Morgan fingerprint density at radius 3 is 2.43 bits per heavy atom. The average molecular weight is 318 g/mol. The SMILES string of the molecule is Cc1ccccc1C(CN)C1CCN(C(=O)OC(C)(C)C)CC1. The van der Waals surface area contributed by atoms with Gasteiger partial charge in [-0.1, -0.05) is 24.3 Å². The number of benzene rings is 1. The number of aryl methyl sites for hydroxylation is 1. The Labute approximate surface area is 140 Å². The zero-order chi connectivity index (χ0) is 17.0. The molecule has 1 aliphatic rings. The van der Waals surface area contributed by atoms with Crippen LogP contribution >= 0.6 is 0 Å². The molecular weight excluding hydrogens is 288 g/mol. The molecule has 1 saturated heterocycles. The van der Waals surface area contributed by atoms with Gasteiger partial charge in [0.25, 0.3) is 0 Å². The third-order valence-electron chi connectivity index (χ3n) is 4.60. The monoisotopic (exact) mass is 318 g/mol. The number of ether oxygens (including phenoxy) is 1. The topological polar surface area (TPSA) is 55.6 Å². The van der Waals surface area contributed by atoms with Crippen LogP contribution in [-0.4, -0.2) is 36.2 Å². The van der Waals surface area contributed by atoms with E-state index < -0.39 is 5.60 Å². The molecule has 1 amide bonds. The fourth-order valence-electron chi connectivity index (χ4n) is 3.39. The molecule has 0 saturated carbocycles. The lowest BCUT2D eigenvalue weighted by atomic mass is 9.79. The lowest BCUT2D eigenvalue weighted by Gasteiger charge is -2.37. The van der Waals surface area contributed by atoms with Crippen molar-refractivity contribution in [3.63, 3.8) is 0 Å². The van der Waals surface area contributed by atoms with Gasteiger partial charge in [0.1, 0.15) is 5.60 Å². The molecule has 0 bridgehead atoms. The second-order valence-corrected chi connectivity index (χ2v) is 7.50. The molecule has 1 aliphatic heterocycles. The first-order chi connectivity index (χ1) is 10.8. The van der Waals surface area contributed by atoms with E-state index in [-0.39, 0.29) is 6.09 Å². The molecule has 1 aromatic rings. The maximum absolute atomic E-state index is 12.2. The lowest BCUT2D eigenvalue weighted by molar-refractivity contribution is 0.0175. The highest BCUT2D eigenvalue weighted by atomic mass is 16.6. The second-order valence-electron chi connectivity index (χ2n) is 7.50. The van der Waals surface area contributed by atoms with Crippen molar-refractivity contribution >= 4 is 6.09 Å². The fourth-order valence-corrected chi connectivity index (χ4v) is 3.39. The van der Waals surface area contributed by atoms with E-state index in [4.69, 9.17) is 10.5 Å². The first kappa shape index (κ1) is 17.8. The van der Waals surface area contributed by atoms with Gasteiger partial charge in [-0.3, -0.25) is 0 Å². The molecule has 0 spiro atoms. The predicted octanol–water partition coefficient (Wildman–Crippen LogP) is 3.68. The number of nitrogens with zero attached hydrogens (tertiary/aromatic N) is 1. The van der Waals surface area contributed by atoms with Crippen molar-refractivity contribution in [3.8, 4) is 0 Å². The van der Waals surface area contributed by atoms with Gasteiger partial charge < -0.3 is 15.4 Å². The number of hydrogen-bond donors (Lipinski definition) is 1. The Morgan fingerprint density at radius 2 is 1.91 bits per heavy atom. The normalized spacial score (nSPS) is 17.9. The van der Waals surface area contributed by atoms with Crippen LogP contribution in [0.5, 0.6) is 0 Å². The maximum Gasteiger partial charge on any atom is 0.410 e. The van der Waals surface area contributed by atoms with Crippen LogP contribution in [-0.2, 0) is 4.74 Å². The van der Waals surface area contributed by atoms with E-state index >= 15 is 0 Å². The molecule has 0 aromatic heterocycles. The van der Waals surface area contributed by atoms with Crippen molar-refractivity contribution in [2.75, 3.05) is 19.6 Å². The highest BCUT2D eigenvalue weighted by Crippen LogP contribution is 2.33. The molecule has 128 valence electrons. The summed E-state index contributed by atoms with van der Waals surface area (Å²) in [5, 5.41) is 0. The zero-order valence-corrected chi connectivity index (χ0v) is 14.8. The number of likely N-dealkylation sites (tertiary alicyclic amines) is 1. The van der Waals surface area contributed by atoms with Crippen molar-refractivity contribution in [2.24, 2.45) is 11.7 Å². The van der Waals surface area contributed by atoms with Crippen LogP contribution in [0.4, 0.5) is 4.79 Å². The number of carbonyl (C=O) groups excluding carboxylic acids is 1. The van der Waals surface area contributed by atoms with Gasteiger partial charge in [-0.25, -0.2) is 4.79 Å². The van der Waals surface area contributed by atoms with E-state index in [1.165, 1.54) is 11.1 Å². The highest BCUT2D eigenvalue weighted by molar-refractivity contribution is 5.68. The molecule has 4 nitrogen and oxygen atoms in total. The first-order valence-corrected chi connectivity index (χ1v) is 8.55. The summed E-state index contributed by atoms with van der Waals surface area (Å²) in [5.74, 6) is 0.900. The van der Waals surface area contributed by atoms with Gasteiger partial charge in [-0.15, -0.1) is 0 Å². The van der Waals surface area contributed by atoms with Crippen LogP contribution in [0.15, 0.2) is 24.3 Å². The Bertz CT molecular complexity index is 528. The van der Waals surface area contributed by atoms with Gasteiger partial charge >= 0.3 is 6.09 Å². The van der Waals surface area contributed by atoms with Gasteiger partial charge in [0, 0.05) is 13.1 Å². The third-order valence-corrected chi connectivity index (χ3v) is 4.60. The number of amides is 1. The molecular formula is C19H30N2O2. The standard InChI is InChI=1S/C19H30N2O2/c1-14-7-5-6-8-16(14)17(13-20)15-9-11-21(12-10-15)18(22)23-19(2,3)4/h5-8,15,17H,9-13,20H2,1-4H3. The fraction of sp³-hybridized carbons (Fsp3) is 0.632. The quantitative estimate of drug-likeness (QED) is 0.925. The summed E-state index contributed by atoms with van der Waals surface area (Å²) in [6, 6.07) is 8.49. The summed E-state index contributed by atoms with van der Waals surface area (Å²) in [4.78, 5) is 14.0. The molecule has 1 atom stereocenters. The van der Waals surface area contributed by atoms with Gasteiger partial charge in [0.15, 0.2) is 0 Å². The number of nitrogens with two attached hydrogens (primary N) is 1. The van der Waals surface area contributed by atoms with Crippen LogP contribution in [0.3, 0.4) is 0 Å². The molecule has 0 radical (unpaired) electrons. The molecule has 1 unspecified atom stereocenters. The number of carbonyl (C=O) groups is 1. The van der Waals surface area contributed by atoms with E-state index in [1.54, 1.807) is 0 Å². The second kappa shape index (κ2) is 7.35. The molecule has 4 heteroatoms. The van der Waals surface area contributed by atoms with E-state index in [0.717, 1.165) is 25.9 Å². The average Bonchev–Trinajstić information content (AvgIpc) is 2.49. The Kier molecular flexibility index (Phi) is 5.69. The summed E-state index contributed by atoms with van der Waals surface area (Å²) in [5.41, 5.74) is 8.30. The smallest absolute Gasteiger partial charge is 0.410 e. The van der Waals surface area contributed by atoms with Crippen molar-refractivity contribution in [3.05, 3.63) is 35.4 Å². The third kappa shape index (κ3) is 4.71. The van der Waals surface area contributed by atoms with Gasteiger partial charge in [-0.05, 0) is 70.0 Å². The molecule has 1 aromatic carbocycles. The van der Waals surface area contributed by atoms with E-state index in [2.05, 4.69) is 31.2 Å². The minimum Gasteiger partial charge on any atom is -0.444 e. The Morgan fingerprint density at radius 1 is 1.30 bits per heavy atom. The molecule has 0 aliphatic carbocycles. The number of hydrogen-bond acceptors (Lipinski definition) is 3. The van der Waals surface area contributed by atoms with Gasteiger partial charge in [-0.2, -0.15) is 0 Å². The predicted molar refractivity (Wildman–Crippen MR) is 93.5 cm³/mol. The van der Waals surface area contributed by atoms with Crippen molar-refractivity contribution in [2.45, 2.75) is 52.1 Å². The minimum absolute atomic E-state index is 0.198. The van der Waals surface area contributed by atoms with Crippen LogP contribution in [0.25, 0.3) is 0 Å². The van der Waals surface area contributed by atoms with Crippen LogP contribution in [0.1, 0.15) is 50.7 Å². The molecule has 1 fully saturated rings. The van der Waals surface area contributed by atoms with Crippen molar-refractivity contribution < 1.29 is 9.53 Å². The Balaban J connectivity index is 1.98. The number of rotatable bonds is 3. The summed E-state index contributed by atoms with van der Waals surface area (Å²) in [6.07, 6.45) is 1.77. The maximum atomic E-state index is 12.2. The van der Waals surface area contributed by atoms with Crippen LogP contribution in [0.2, 0.25) is 0 Å². The summed E-state index contributed by atoms with van der Waals surface area (Å²) >= 11 is 0. The summed E-state index contributed by atoms with van der Waals surface area (Å²) < 4.78 is 5.47. The molecule has 23 heavy (non-hydrogen) atoms. The minimum atomic E-state index is -0.436. The van der Waals surface area contributed by atoms with Crippen molar-refractivity contribution in [1.82, 2.24) is 4.90 Å². The first-order valence-electron chi connectivity index (χ1n) is 8.55. The Hall–Kier alpha value is -1.55. The van der Waals surface area contributed by atoms with E-state index in [9.17, 15) is 4.79 Å². The van der Waals surface area contributed by atoms with Gasteiger partial charge in [0.05, 0.1) is 0 Å². The van der Waals surface area contributed by atoms with E-state index in [1.807, 2.05) is 25.7 Å². The molecule has 2 rings (SSSR count). The highest BCUT2D eigenvalue weighted by Gasteiger charge is 2.31. The van der Waals surface area contributed by atoms with Crippen LogP contribution in [0, 0.1) is 12.8 Å². The van der Waals surface area contributed by atoms with Crippen molar-refractivity contribution in [1.29, 1.82) is 0 Å². The van der Waals surface area contributed by atoms with Gasteiger partial charge in [0.2, 0.25) is 0 Å². The number of piperidine rings is 1. The molecule has 2 N–H and O–H groups in total. The van der Waals surface area contributed by atoms with E-state index in [0.29, 0.717) is 18.4 Å². The van der Waals surface area contributed by atoms with Crippen LogP contribution < -0.4 is 5.73 Å². The zero-order valence-electron chi connectivity index (χ0n) is 14.8. The molecule has 1 heterocycles. The lowest BCUT2D eigenvalue weighted by Crippen LogP contribution is -2.43. The summed E-state index contributed by atoms with van der Waals surface area (Å²) in [7, 11) is 0. The largest absolute Gasteiger partial charge is 0.444 e.